The lowest BCUT2D eigenvalue weighted by molar-refractivity contribution is -0.139. The smallest absolute Gasteiger partial charge is 0.237 e. The molecule has 1 aromatic heterocycles. The summed E-state index contributed by atoms with van der Waals surface area (Å²) in [5, 5.41) is 2.93. The van der Waals surface area contributed by atoms with E-state index in [-0.39, 0.29) is 24.3 Å². The normalized spacial score (nSPS) is 22.2. The molecule has 2 fully saturated rings. The average Bonchev–Trinajstić information content (AvgIpc) is 3.27. The molecule has 2 amide bonds. The number of aromatic nitrogens is 2. The molecule has 1 saturated heterocycles. The lowest BCUT2D eigenvalue weighted by atomic mass is 10.0. The number of hydrogen-bond donors (Lipinski definition) is 1. The van der Waals surface area contributed by atoms with Crippen LogP contribution in [0.2, 0.25) is 0 Å². The molecule has 1 aliphatic carbocycles. The summed E-state index contributed by atoms with van der Waals surface area (Å²) in [6.07, 6.45) is 8.65. The minimum atomic E-state index is -0.335. The van der Waals surface area contributed by atoms with Crippen LogP contribution in [0.3, 0.4) is 0 Å². The minimum absolute atomic E-state index is 0.00398. The summed E-state index contributed by atoms with van der Waals surface area (Å²) in [6, 6.07) is 0.117. The summed E-state index contributed by atoms with van der Waals surface area (Å²) in [7, 11) is 1.79. The third-order valence-corrected chi connectivity index (χ3v) is 5.48. The number of piperazine rings is 1. The Bertz CT molecular complexity index is 608. The summed E-state index contributed by atoms with van der Waals surface area (Å²) in [5.74, 6) is 0.866. The van der Waals surface area contributed by atoms with Crippen LogP contribution < -0.4 is 5.32 Å². The molecule has 0 aromatic carbocycles. The number of rotatable bonds is 6. The maximum Gasteiger partial charge on any atom is 0.237 e. The largest absolute Gasteiger partial charge is 0.353 e. The van der Waals surface area contributed by atoms with Crippen LogP contribution in [0.5, 0.6) is 0 Å². The van der Waals surface area contributed by atoms with Gasteiger partial charge in [-0.1, -0.05) is 12.8 Å². The highest BCUT2D eigenvalue weighted by Crippen LogP contribution is 2.27. The highest BCUT2D eigenvalue weighted by Gasteiger charge is 2.37. The molecule has 7 nitrogen and oxygen atoms in total. The number of amides is 2. The van der Waals surface area contributed by atoms with Crippen molar-refractivity contribution in [2.45, 2.75) is 64.2 Å². The molecule has 1 atom stereocenters. The molecular formula is C18H29N5O2. The van der Waals surface area contributed by atoms with Crippen molar-refractivity contribution in [1.29, 1.82) is 0 Å². The molecule has 1 N–H and O–H groups in total. The van der Waals surface area contributed by atoms with E-state index in [1.807, 2.05) is 10.8 Å². The van der Waals surface area contributed by atoms with E-state index in [2.05, 4.69) is 22.1 Å². The van der Waals surface area contributed by atoms with Gasteiger partial charge in [-0.25, -0.2) is 4.98 Å². The van der Waals surface area contributed by atoms with Crippen LogP contribution in [-0.2, 0) is 22.7 Å². The van der Waals surface area contributed by atoms with E-state index in [0.29, 0.717) is 19.1 Å². The van der Waals surface area contributed by atoms with Gasteiger partial charge in [0.05, 0.1) is 19.0 Å². The van der Waals surface area contributed by atoms with Gasteiger partial charge in [-0.15, -0.1) is 0 Å². The molecule has 0 unspecified atom stereocenters. The predicted molar refractivity (Wildman–Crippen MR) is 94.8 cm³/mol. The average molecular weight is 347 g/mol. The molecule has 3 rings (SSSR count). The van der Waals surface area contributed by atoms with E-state index in [0.717, 1.165) is 31.8 Å². The molecule has 2 aliphatic rings. The quantitative estimate of drug-likeness (QED) is 0.833. The van der Waals surface area contributed by atoms with Crippen LogP contribution in [0.25, 0.3) is 0 Å². The predicted octanol–water partition coefficient (Wildman–Crippen LogP) is 0.995. The Morgan fingerprint density at radius 2 is 2.16 bits per heavy atom. The Balaban J connectivity index is 1.63. The number of carbonyl (C=O) groups is 2. The van der Waals surface area contributed by atoms with Crippen molar-refractivity contribution in [3.63, 3.8) is 0 Å². The number of hydrogen-bond acceptors (Lipinski definition) is 4. The van der Waals surface area contributed by atoms with Crippen molar-refractivity contribution in [2.24, 2.45) is 0 Å². The second kappa shape index (κ2) is 7.99. The SMILES string of the molecule is CCn1ccnc1CN(C)C(=O)C[C@H]1C(=O)NCCN1C1CCCC1. The second-order valence-electron chi connectivity index (χ2n) is 7.07. The van der Waals surface area contributed by atoms with E-state index in [1.54, 1.807) is 18.1 Å². The first-order valence-corrected chi connectivity index (χ1v) is 9.37. The molecule has 0 radical (unpaired) electrons. The van der Waals surface area contributed by atoms with Gasteiger partial charge in [0, 0.05) is 45.1 Å². The van der Waals surface area contributed by atoms with Gasteiger partial charge in [-0.05, 0) is 19.8 Å². The molecule has 1 aliphatic heterocycles. The molecule has 7 heteroatoms. The number of imidazole rings is 1. The van der Waals surface area contributed by atoms with Crippen LogP contribution >= 0.6 is 0 Å². The van der Waals surface area contributed by atoms with Gasteiger partial charge in [0.25, 0.3) is 0 Å². The van der Waals surface area contributed by atoms with Gasteiger partial charge in [0.15, 0.2) is 0 Å². The van der Waals surface area contributed by atoms with Crippen molar-refractivity contribution < 1.29 is 9.59 Å². The highest BCUT2D eigenvalue weighted by molar-refractivity contribution is 5.88. The summed E-state index contributed by atoms with van der Waals surface area (Å²) in [6.45, 7) is 4.89. The Labute approximate surface area is 149 Å². The lowest BCUT2D eigenvalue weighted by Gasteiger charge is -2.39. The minimum Gasteiger partial charge on any atom is -0.353 e. The van der Waals surface area contributed by atoms with Crippen molar-refractivity contribution >= 4 is 11.8 Å². The van der Waals surface area contributed by atoms with Gasteiger partial charge < -0.3 is 14.8 Å². The van der Waals surface area contributed by atoms with Crippen LogP contribution in [0.1, 0.15) is 44.9 Å². The van der Waals surface area contributed by atoms with Crippen LogP contribution in [0.4, 0.5) is 0 Å². The highest BCUT2D eigenvalue weighted by atomic mass is 16.2. The van der Waals surface area contributed by atoms with Gasteiger partial charge in [-0.3, -0.25) is 14.5 Å². The van der Waals surface area contributed by atoms with E-state index in [1.165, 1.54) is 12.8 Å². The molecule has 0 spiro atoms. The maximum absolute atomic E-state index is 12.7. The summed E-state index contributed by atoms with van der Waals surface area (Å²) >= 11 is 0. The van der Waals surface area contributed by atoms with Crippen molar-refractivity contribution in [1.82, 2.24) is 24.7 Å². The first-order chi connectivity index (χ1) is 12.1. The van der Waals surface area contributed by atoms with Crippen molar-refractivity contribution in [3.8, 4) is 0 Å². The lowest BCUT2D eigenvalue weighted by Crippen LogP contribution is -2.59. The summed E-state index contributed by atoms with van der Waals surface area (Å²) < 4.78 is 2.03. The molecule has 1 aromatic rings. The van der Waals surface area contributed by atoms with Crippen molar-refractivity contribution in [2.75, 3.05) is 20.1 Å². The zero-order chi connectivity index (χ0) is 17.8. The first-order valence-electron chi connectivity index (χ1n) is 9.37. The molecular weight excluding hydrogens is 318 g/mol. The van der Waals surface area contributed by atoms with Gasteiger partial charge >= 0.3 is 0 Å². The van der Waals surface area contributed by atoms with E-state index >= 15 is 0 Å². The van der Waals surface area contributed by atoms with Crippen LogP contribution in [0.15, 0.2) is 12.4 Å². The van der Waals surface area contributed by atoms with E-state index in [4.69, 9.17) is 0 Å². The van der Waals surface area contributed by atoms with Gasteiger partial charge in [0.2, 0.25) is 11.8 Å². The fourth-order valence-electron chi connectivity index (χ4n) is 4.02. The Morgan fingerprint density at radius 3 is 2.88 bits per heavy atom. The number of aryl methyl sites for hydroxylation is 1. The first kappa shape index (κ1) is 17.9. The number of carbonyl (C=O) groups excluding carboxylic acids is 2. The van der Waals surface area contributed by atoms with E-state index < -0.39 is 0 Å². The number of nitrogens with zero attached hydrogens (tertiary/aromatic N) is 4. The summed E-state index contributed by atoms with van der Waals surface area (Å²) in [4.78, 5) is 33.4. The fourth-order valence-corrected chi connectivity index (χ4v) is 4.02. The molecule has 138 valence electrons. The zero-order valence-corrected chi connectivity index (χ0v) is 15.3. The Kier molecular flexibility index (Phi) is 5.73. The monoisotopic (exact) mass is 347 g/mol. The fraction of sp³-hybridized carbons (Fsp3) is 0.722. The van der Waals surface area contributed by atoms with Gasteiger partial charge in [0.1, 0.15) is 5.82 Å². The zero-order valence-electron chi connectivity index (χ0n) is 15.3. The number of nitrogens with one attached hydrogen (secondary N) is 1. The second-order valence-corrected chi connectivity index (χ2v) is 7.07. The van der Waals surface area contributed by atoms with Gasteiger partial charge in [-0.2, -0.15) is 0 Å². The maximum atomic E-state index is 12.7. The standard InChI is InChI=1S/C18H29N5O2/c1-3-22-10-8-19-16(22)13-21(2)17(24)12-15-18(25)20-9-11-23(15)14-6-4-5-7-14/h8,10,14-15H,3-7,9,11-13H2,1-2H3,(H,20,25)/t15-/m0/s1. The van der Waals surface area contributed by atoms with Crippen LogP contribution in [0, 0.1) is 0 Å². The van der Waals surface area contributed by atoms with Crippen molar-refractivity contribution in [3.05, 3.63) is 18.2 Å². The molecule has 1 saturated carbocycles. The molecule has 0 bridgehead atoms. The Morgan fingerprint density at radius 1 is 1.40 bits per heavy atom. The Hall–Kier alpha value is -1.89. The third kappa shape index (κ3) is 4.03. The molecule has 25 heavy (non-hydrogen) atoms. The molecule has 2 heterocycles. The van der Waals surface area contributed by atoms with Crippen LogP contribution in [-0.4, -0.2) is 63.4 Å². The third-order valence-electron chi connectivity index (χ3n) is 5.48. The summed E-state index contributed by atoms with van der Waals surface area (Å²) in [5.41, 5.74) is 0. The topological polar surface area (TPSA) is 70.5 Å². The van der Waals surface area contributed by atoms with E-state index in [9.17, 15) is 9.59 Å².